The van der Waals surface area contributed by atoms with Crippen LogP contribution in [0.5, 0.6) is 0 Å². The van der Waals surface area contributed by atoms with Crippen molar-refractivity contribution in [1.29, 1.82) is 0 Å². The third-order valence-electron chi connectivity index (χ3n) is 2.80. The minimum atomic E-state index is 0.0113. The van der Waals surface area contributed by atoms with E-state index in [1.165, 1.54) is 18.2 Å². The van der Waals surface area contributed by atoms with Gasteiger partial charge in [-0.15, -0.1) is 10.2 Å². The van der Waals surface area contributed by atoms with Gasteiger partial charge in [0.15, 0.2) is 5.16 Å². The number of hydrogen-bond donors (Lipinski definition) is 1. The fourth-order valence-electron chi connectivity index (χ4n) is 1.78. The molecule has 1 aromatic heterocycles. The predicted molar refractivity (Wildman–Crippen MR) is 68.3 cm³/mol. The zero-order valence-electron chi connectivity index (χ0n) is 10.5. The normalized spacial score (nSPS) is 19.7. The number of thioether (sulfide) groups is 1. The van der Waals surface area contributed by atoms with Crippen LogP contribution >= 0.6 is 11.8 Å². The molecule has 1 fully saturated rings. The van der Waals surface area contributed by atoms with Crippen molar-refractivity contribution >= 4 is 17.7 Å². The number of aromatic nitrogens is 3. The fraction of sp³-hybridized carbons (Fsp3) is 0.727. The van der Waals surface area contributed by atoms with Gasteiger partial charge in [0, 0.05) is 20.2 Å². The highest BCUT2D eigenvalue weighted by Gasteiger charge is 2.15. The summed E-state index contributed by atoms with van der Waals surface area (Å²) in [6.07, 6.45) is 5.16. The third kappa shape index (κ3) is 3.99. The molecule has 1 saturated heterocycles. The molecule has 18 heavy (non-hydrogen) atoms. The smallest absolute Gasteiger partial charge is 0.230 e. The lowest BCUT2D eigenvalue weighted by Gasteiger charge is -2.22. The largest absolute Gasteiger partial charge is 0.376 e. The SMILES string of the molecule is Cn1cnnc1SCC(=O)NC[C@H]1CCCCO1. The number of rotatable bonds is 5. The molecule has 0 radical (unpaired) electrons. The van der Waals surface area contributed by atoms with Crippen LogP contribution in [-0.2, 0) is 16.6 Å². The van der Waals surface area contributed by atoms with Crippen LogP contribution in [0.25, 0.3) is 0 Å². The van der Waals surface area contributed by atoms with Gasteiger partial charge in [0.2, 0.25) is 5.91 Å². The van der Waals surface area contributed by atoms with Crippen LogP contribution in [0, 0.1) is 0 Å². The molecular formula is C11H18N4O2S. The van der Waals surface area contributed by atoms with Crippen molar-refractivity contribution in [3.05, 3.63) is 6.33 Å². The zero-order chi connectivity index (χ0) is 12.8. The van der Waals surface area contributed by atoms with Crippen molar-refractivity contribution in [3.8, 4) is 0 Å². The lowest BCUT2D eigenvalue weighted by atomic mass is 10.1. The Hall–Kier alpha value is -1.08. The molecule has 1 amide bonds. The number of nitrogens with one attached hydrogen (secondary N) is 1. The van der Waals surface area contributed by atoms with Crippen LogP contribution in [0.1, 0.15) is 19.3 Å². The maximum Gasteiger partial charge on any atom is 0.230 e. The number of amides is 1. The Morgan fingerprint density at radius 1 is 1.67 bits per heavy atom. The number of ether oxygens (including phenoxy) is 1. The van der Waals surface area contributed by atoms with Crippen molar-refractivity contribution in [2.75, 3.05) is 18.9 Å². The highest BCUT2D eigenvalue weighted by Crippen LogP contribution is 2.13. The summed E-state index contributed by atoms with van der Waals surface area (Å²) in [6, 6.07) is 0. The van der Waals surface area contributed by atoms with E-state index >= 15 is 0 Å². The highest BCUT2D eigenvalue weighted by atomic mass is 32.2. The van der Waals surface area contributed by atoms with Crippen LogP contribution < -0.4 is 5.32 Å². The molecule has 0 saturated carbocycles. The van der Waals surface area contributed by atoms with Gasteiger partial charge >= 0.3 is 0 Å². The molecular weight excluding hydrogens is 252 g/mol. The summed E-state index contributed by atoms with van der Waals surface area (Å²) in [6.45, 7) is 1.42. The summed E-state index contributed by atoms with van der Waals surface area (Å²) >= 11 is 1.38. The molecule has 0 spiro atoms. The number of carbonyl (C=O) groups excluding carboxylic acids is 1. The van der Waals surface area contributed by atoms with E-state index in [0.29, 0.717) is 12.3 Å². The van der Waals surface area contributed by atoms with Crippen molar-refractivity contribution < 1.29 is 9.53 Å². The number of aryl methyl sites for hydroxylation is 1. The Kier molecular flexibility index (Phi) is 5.00. The first-order chi connectivity index (χ1) is 8.75. The van der Waals surface area contributed by atoms with Gasteiger partial charge in [-0.05, 0) is 19.3 Å². The first-order valence-corrected chi connectivity index (χ1v) is 7.09. The van der Waals surface area contributed by atoms with Crippen LogP contribution in [0.15, 0.2) is 11.5 Å². The van der Waals surface area contributed by atoms with Gasteiger partial charge < -0.3 is 14.6 Å². The van der Waals surface area contributed by atoms with Gasteiger partial charge in [-0.2, -0.15) is 0 Å². The number of hydrogen-bond acceptors (Lipinski definition) is 5. The van der Waals surface area contributed by atoms with E-state index in [0.717, 1.165) is 24.6 Å². The first-order valence-electron chi connectivity index (χ1n) is 6.11. The summed E-state index contributed by atoms with van der Waals surface area (Å²) in [7, 11) is 1.86. The minimum absolute atomic E-state index is 0.0113. The number of carbonyl (C=O) groups is 1. The van der Waals surface area contributed by atoms with Crippen molar-refractivity contribution in [1.82, 2.24) is 20.1 Å². The molecule has 1 N–H and O–H groups in total. The molecule has 7 heteroatoms. The van der Waals surface area contributed by atoms with E-state index in [1.807, 2.05) is 7.05 Å². The van der Waals surface area contributed by atoms with Crippen LogP contribution in [-0.4, -0.2) is 45.7 Å². The Morgan fingerprint density at radius 3 is 3.22 bits per heavy atom. The maximum absolute atomic E-state index is 11.6. The summed E-state index contributed by atoms with van der Waals surface area (Å²) in [5.74, 6) is 0.372. The van der Waals surface area contributed by atoms with E-state index in [1.54, 1.807) is 10.9 Å². The lowest BCUT2D eigenvalue weighted by molar-refractivity contribution is -0.119. The van der Waals surface area contributed by atoms with Crippen molar-refractivity contribution in [2.24, 2.45) is 7.05 Å². The average molecular weight is 270 g/mol. The van der Waals surface area contributed by atoms with Gasteiger partial charge in [-0.1, -0.05) is 11.8 Å². The summed E-state index contributed by atoms with van der Waals surface area (Å²) < 4.78 is 7.34. The Morgan fingerprint density at radius 2 is 2.56 bits per heavy atom. The summed E-state index contributed by atoms with van der Waals surface area (Å²) in [4.78, 5) is 11.6. The van der Waals surface area contributed by atoms with Gasteiger partial charge in [0.05, 0.1) is 11.9 Å². The molecule has 1 aliphatic heterocycles. The fourth-order valence-corrected chi connectivity index (χ4v) is 2.50. The Labute approximate surface area is 110 Å². The standard InChI is InChI=1S/C11H18N4O2S/c1-15-8-13-14-11(15)18-7-10(16)12-6-9-4-2-3-5-17-9/h8-9H,2-7H2,1H3,(H,12,16)/t9-/m1/s1. The molecule has 6 nitrogen and oxygen atoms in total. The molecule has 1 atom stereocenters. The monoisotopic (exact) mass is 270 g/mol. The third-order valence-corrected chi connectivity index (χ3v) is 3.84. The van der Waals surface area contributed by atoms with Gasteiger partial charge in [0.25, 0.3) is 0 Å². The summed E-state index contributed by atoms with van der Waals surface area (Å²) in [5, 5.41) is 11.3. The molecule has 1 aromatic rings. The van der Waals surface area contributed by atoms with E-state index in [9.17, 15) is 4.79 Å². The van der Waals surface area contributed by atoms with E-state index < -0.39 is 0 Å². The topological polar surface area (TPSA) is 69.0 Å². The quantitative estimate of drug-likeness (QED) is 0.793. The van der Waals surface area contributed by atoms with E-state index in [2.05, 4.69) is 15.5 Å². The van der Waals surface area contributed by atoms with Crippen molar-refractivity contribution in [2.45, 2.75) is 30.5 Å². The van der Waals surface area contributed by atoms with E-state index in [-0.39, 0.29) is 12.0 Å². The molecule has 0 bridgehead atoms. The second-order valence-corrected chi connectivity index (χ2v) is 5.25. The molecule has 0 aromatic carbocycles. The van der Waals surface area contributed by atoms with Gasteiger partial charge in [-0.25, -0.2) is 0 Å². The highest BCUT2D eigenvalue weighted by molar-refractivity contribution is 7.99. The molecule has 0 aliphatic carbocycles. The molecule has 0 unspecified atom stereocenters. The maximum atomic E-state index is 11.6. The predicted octanol–water partition coefficient (Wildman–Crippen LogP) is 0.592. The van der Waals surface area contributed by atoms with Gasteiger partial charge in [0.1, 0.15) is 6.33 Å². The molecule has 1 aliphatic rings. The van der Waals surface area contributed by atoms with Crippen LogP contribution in [0.4, 0.5) is 0 Å². The summed E-state index contributed by atoms with van der Waals surface area (Å²) in [5.41, 5.74) is 0. The second kappa shape index (κ2) is 6.75. The first kappa shape index (κ1) is 13.4. The Balaban J connectivity index is 1.64. The molecule has 2 rings (SSSR count). The average Bonchev–Trinajstić information content (AvgIpc) is 2.81. The van der Waals surface area contributed by atoms with Crippen LogP contribution in [0.2, 0.25) is 0 Å². The Bertz CT molecular complexity index is 390. The second-order valence-electron chi connectivity index (χ2n) is 4.31. The van der Waals surface area contributed by atoms with Crippen LogP contribution in [0.3, 0.4) is 0 Å². The number of nitrogens with zero attached hydrogens (tertiary/aromatic N) is 3. The molecule has 100 valence electrons. The van der Waals surface area contributed by atoms with E-state index in [4.69, 9.17) is 4.74 Å². The van der Waals surface area contributed by atoms with Gasteiger partial charge in [-0.3, -0.25) is 4.79 Å². The minimum Gasteiger partial charge on any atom is -0.376 e. The zero-order valence-corrected chi connectivity index (χ0v) is 11.3. The lowest BCUT2D eigenvalue weighted by Crippen LogP contribution is -2.36. The molecule has 2 heterocycles. The van der Waals surface area contributed by atoms with Crippen molar-refractivity contribution in [3.63, 3.8) is 0 Å².